The molecule has 0 spiro atoms. The molecule has 1 aliphatic rings. The van der Waals surface area contributed by atoms with E-state index in [1.807, 2.05) is 4.90 Å². The van der Waals surface area contributed by atoms with Crippen LogP contribution in [0.3, 0.4) is 0 Å². The molecule has 1 amide bonds. The molecule has 1 rings (SSSR count). The molecule has 0 radical (unpaired) electrons. The Morgan fingerprint density at radius 3 is 2.92 bits per heavy atom. The van der Waals surface area contributed by atoms with E-state index in [1.165, 1.54) is 0 Å². The predicted octanol–water partition coefficient (Wildman–Crippen LogP) is -0.787. The number of hydrogen-bond acceptors (Lipinski definition) is 3. The van der Waals surface area contributed by atoms with Crippen molar-refractivity contribution in [2.45, 2.75) is 0 Å². The minimum Gasteiger partial charge on any atom is -0.396 e. The topological polar surface area (TPSA) is 52.6 Å². The van der Waals surface area contributed by atoms with Crippen molar-refractivity contribution in [3.8, 4) is 0 Å². The SMILES string of the molecule is C=CCNC(=O)CN1CC(CO)C1. The lowest BCUT2D eigenvalue weighted by atomic mass is 10.0. The molecular weight excluding hydrogens is 168 g/mol. The van der Waals surface area contributed by atoms with Crippen LogP contribution in [0.4, 0.5) is 0 Å². The molecular formula is C9H16N2O2. The average molecular weight is 184 g/mol. The first kappa shape index (κ1) is 10.2. The molecule has 1 fully saturated rings. The second-order valence-electron chi connectivity index (χ2n) is 3.34. The van der Waals surface area contributed by atoms with E-state index < -0.39 is 0 Å². The summed E-state index contributed by atoms with van der Waals surface area (Å²) in [7, 11) is 0. The molecule has 1 heterocycles. The van der Waals surface area contributed by atoms with Crippen LogP contribution in [0.2, 0.25) is 0 Å². The monoisotopic (exact) mass is 184 g/mol. The van der Waals surface area contributed by atoms with E-state index in [0.29, 0.717) is 19.0 Å². The van der Waals surface area contributed by atoms with Gasteiger partial charge in [0.15, 0.2) is 0 Å². The summed E-state index contributed by atoms with van der Waals surface area (Å²) in [5.74, 6) is 0.392. The molecule has 0 atom stereocenters. The van der Waals surface area contributed by atoms with Gasteiger partial charge in [-0.15, -0.1) is 6.58 Å². The number of aliphatic hydroxyl groups excluding tert-OH is 1. The maximum Gasteiger partial charge on any atom is 0.234 e. The lowest BCUT2D eigenvalue weighted by molar-refractivity contribution is -0.123. The standard InChI is InChI=1S/C9H16N2O2/c1-2-3-10-9(13)6-11-4-8(5-11)7-12/h2,8,12H,1,3-7H2,(H,10,13). The van der Waals surface area contributed by atoms with Crippen LogP contribution in [0, 0.1) is 5.92 Å². The molecule has 1 aliphatic heterocycles. The van der Waals surface area contributed by atoms with Crippen molar-refractivity contribution in [3.63, 3.8) is 0 Å². The van der Waals surface area contributed by atoms with E-state index in [9.17, 15) is 4.79 Å². The van der Waals surface area contributed by atoms with Gasteiger partial charge in [-0.2, -0.15) is 0 Å². The van der Waals surface area contributed by atoms with Crippen LogP contribution < -0.4 is 5.32 Å². The van der Waals surface area contributed by atoms with Crippen molar-refractivity contribution < 1.29 is 9.90 Å². The molecule has 4 nitrogen and oxygen atoms in total. The normalized spacial score (nSPS) is 17.9. The van der Waals surface area contributed by atoms with Gasteiger partial charge in [0.25, 0.3) is 0 Å². The fourth-order valence-corrected chi connectivity index (χ4v) is 1.37. The molecule has 0 aromatic carbocycles. The van der Waals surface area contributed by atoms with Gasteiger partial charge in [0.1, 0.15) is 0 Å². The van der Waals surface area contributed by atoms with Crippen LogP contribution in [-0.4, -0.2) is 48.7 Å². The minimum atomic E-state index is 0.0243. The van der Waals surface area contributed by atoms with Crippen molar-refractivity contribution in [1.29, 1.82) is 0 Å². The Kier molecular flexibility index (Phi) is 3.92. The minimum absolute atomic E-state index is 0.0243. The second kappa shape index (κ2) is 4.99. The van der Waals surface area contributed by atoms with E-state index in [0.717, 1.165) is 13.1 Å². The summed E-state index contributed by atoms with van der Waals surface area (Å²) in [4.78, 5) is 13.2. The van der Waals surface area contributed by atoms with Crippen LogP contribution in [0.15, 0.2) is 12.7 Å². The number of carbonyl (C=O) groups excluding carboxylic acids is 1. The molecule has 13 heavy (non-hydrogen) atoms. The van der Waals surface area contributed by atoms with Crippen molar-refractivity contribution in [1.82, 2.24) is 10.2 Å². The van der Waals surface area contributed by atoms with Gasteiger partial charge in [0, 0.05) is 32.2 Å². The van der Waals surface area contributed by atoms with Crippen molar-refractivity contribution in [3.05, 3.63) is 12.7 Å². The number of hydrogen-bond donors (Lipinski definition) is 2. The highest BCUT2D eigenvalue weighted by Crippen LogP contribution is 2.12. The van der Waals surface area contributed by atoms with Crippen molar-refractivity contribution in [2.24, 2.45) is 5.92 Å². The van der Waals surface area contributed by atoms with Gasteiger partial charge in [-0.05, 0) is 0 Å². The number of nitrogens with zero attached hydrogens (tertiary/aromatic N) is 1. The summed E-state index contributed by atoms with van der Waals surface area (Å²) < 4.78 is 0. The zero-order valence-corrected chi connectivity index (χ0v) is 7.70. The molecule has 74 valence electrons. The number of nitrogens with one attached hydrogen (secondary N) is 1. The van der Waals surface area contributed by atoms with Gasteiger partial charge in [-0.25, -0.2) is 0 Å². The predicted molar refractivity (Wildman–Crippen MR) is 50.2 cm³/mol. The summed E-state index contributed by atoms with van der Waals surface area (Å²) in [6.07, 6.45) is 1.66. The Morgan fingerprint density at radius 2 is 2.38 bits per heavy atom. The van der Waals surface area contributed by atoms with Crippen LogP contribution in [-0.2, 0) is 4.79 Å². The summed E-state index contributed by atoms with van der Waals surface area (Å²) in [5.41, 5.74) is 0. The van der Waals surface area contributed by atoms with E-state index in [-0.39, 0.29) is 12.5 Å². The fraction of sp³-hybridized carbons (Fsp3) is 0.667. The molecule has 0 saturated carbocycles. The van der Waals surface area contributed by atoms with Gasteiger partial charge < -0.3 is 10.4 Å². The molecule has 4 heteroatoms. The van der Waals surface area contributed by atoms with E-state index in [2.05, 4.69) is 11.9 Å². The first-order chi connectivity index (χ1) is 6.26. The van der Waals surface area contributed by atoms with E-state index >= 15 is 0 Å². The Bertz CT molecular complexity index is 188. The van der Waals surface area contributed by atoms with Gasteiger partial charge >= 0.3 is 0 Å². The first-order valence-corrected chi connectivity index (χ1v) is 4.47. The van der Waals surface area contributed by atoms with Gasteiger partial charge in [-0.3, -0.25) is 9.69 Å². The number of aliphatic hydroxyl groups is 1. The summed E-state index contributed by atoms with van der Waals surface area (Å²) in [6, 6.07) is 0. The van der Waals surface area contributed by atoms with Crippen LogP contribution in [0.25, 0.3) is 0 Å². The first-order valence-electron chi connectivity index (χ1n) is 4.47. The summed E-state index contributed by atoms with van der Waals surface area (Å²) >= 11 is 0. The molecule has 0 unspecified atom stereocenters. The van der Waals surface area contributed by atoms with Gasteiger partial charge in [0.2, 0.25) is 5.91 Å². The maximum absolute atomic E-state index is 11.1. The second-order valence-corrected chi connectivity index (χ2v) is 3.34. The van der Waals surface area contributed by atoms with Gasteiger partial charge in [0.05, 0.1) is 6.54 Å². The largest absolute Gasteiger partial charge is 0.396 e. The zero-order chi connectivity index (χ0) is 9.68. The van der Waals surface area contributed by atoms with Crippen LogP contribution in [0.1, 0.15) is 0 Å². The van der Waals surface area contributed by atoms with E-state index in [4.69, 9.17) is 5.11 Å². The van der Waals surface area contributed by atoms with Crippen LogP contribution >= 0.6 is 0 Å². The van der Waals surface area contributed by atoms with Gasteiger partial charge in [-0.1, -0.05) is 6.08 Å². The molecule has 0 aromatic heterocycles. The Balaban J connectivity index is 2.06. The number of amides is 1. The molecule has 1 saturated heterocycles. The third-order valence-corrected chi connectivity index (χ3v) is 2.10. The average Bonchev–Trinajstić information content (AvgIpc) is 2.07. The molecule has 2 N–H and O–H groups in total. The smallest absolute Gasteiger partial charge is 0.234 e. The Hall–Kier alpha value is -0.870. The maximum atomic E-state index is 11.1. The molecule has 0 aliphatic carbocycles. The quantitative estimate of drug-likeness (QED) is 0.551. The zero-order valence-electron chi connectivity index (χ0n) is 7.70. The fourth-order valence-electron chi connectivity index (χ4n) is 1.37. The summed E-state index contributed by atoms with van der Waals surface area (Å²) in [6.45, 7) is 6.36. The highest BCUT2D eigenvalue weighted by atomic mass is 16.3. The van der Waals surface area contributed by atoms with Crippen molar-refractivity contribution in [2.75, 3.05) is 32.8 Å². The lowest BCUT2D eigenvalue weighted by Gasteiger charge is -2.37. The molecule has 0 bridgehead atoms. The van der Waals surface area contributed by atoms with Crippen LogP contribution in [0.5, 0.6) is 0 Å². The van der Waals surface area contributed by atoms with Crippen molar-refractivity contribution >= 4 is 5.91 Å². The third kappa shape index (κ3) is 3.16. The highest BCUT2D eigenvalue weighted by molar-refractivity contribution is 5.78. The molecule has 0 aromatic rings. The Morgan fingerprint density at radius 1 is 1.69 bits per heavy atom. The summed E-state index contributed by atoms with van der Waals surface area (Å²) in [5, 5.41) is 11.4. The van der Waals surface area contributed by atoms with E-state index in [1.54, 1.807) is 6.08 Å². The Labute approximate surface area is 78.2 Å². The number of likely N-dealkylation sites (tertiary alicyclic amines) is 1. The number of carbonyl (C=O) groups is 1. The number of rotatable bonds is 5. The lowest BCUT2D eigenvalue weighted by Crippen LogP contribution is -2.51. The third-order valence-electron chi connectivity index (χ3n) is 2.10. The highest BCUT2D eigenvalue weighted by Gasteiger charge is 2.26.